The molecule has 0 spiro atoms. The first kappa shape index (κ1) is 17.8. The second-order valence-corrected chi connectivity index (χ2v) is 5.51. The Morgan fingerprint density at radius 2 is 2.00 bits per heavy atom. The third-order valence-corrected chi connectivity index (χ3v) is 3.61. The van der Waals surface area contributed by atoms with Crippen molar-refractivity contribution < 1.29 is 19.7 Å². The standard InChI is InChI=1S/C18H18ClNO4/c1-24-17-10-12(2-8-15(17)21)3-9-18(23)20-11-16(22)13-4-6-14(19)7-5-13/h2-10,16,21-22H,11H2,1H3,(H,20,23). The van der Waals surface area contributed by atoms with Crippen molar-refractivity contribution in [3.8, 4) is 11.5 Å². The fourth-order valence-electron chi connectivity index (χ4n) is 2.03. The van der Waals surface area contributed by atoms with Crippen LogP contribution in [0.3, 0.4) is 0 Å². The first-order chi connectivity index (χ1) is 11.5. The second kappa shape index (κ2) is 8.38. The van der Waals surface area contributed by atoms with Gasteiger partial charge in [0.2, 0.25) is 5.91 Å². The average Bonchev–Trinajstić information content (AvgIpc) is 2.59. The molecule has 0 aliphatic rings. The third kappa shape index (κ3) is 5.01. The molecule has 0 radical (unpaired) electrons. The first-order valence-corrected chi connectivity index (χ1v) is 7.64. The highest BCUT2D eigenvalue weighted by atomic mass is 35.5. The zero-order valence-electron chi connectivity index (χ0n) is 13.1. The number of ether oxygens (including phenoxy) is 1. The number of aromatic hydroxyl groups is 1. The van der Waals surface area contributed by atoms with Crippen molar-refractivity contribution >= 4 is 23.6 Å². The Morgan fingerprint density at radius 1 is 1.29 bits per heavy atom. The number of hydrogen-bond acceptors (Lipinski definition) is 4. The summed E-state index contributed by atoms with van der Waals surface area (Å²) in [5, 5.41) is 22.7. The number of amides is 1. The number of rotatable bonds is 6. The summed E-state index contributed by atoms with van der Waals surface area (Å²) in [7, 11) is 1.45. The molecule has 0 aliphatic heterocycles. The molecule has 0 saturated heterocycles. The molecule has 0 bridgehead atoms. The summed E-state index contributed by atoms with van der Waals surface area (Å²) in [5.74, 6) is 0.0240. The fourth-order valence-corrected chi connectivity index (χ4v) is 2.15. The van der Waals surface area contributed by atoms with Crippen LogP contribution in [0.4, 0.5) is 0 Å². The lowest BCUT2D eigenvalue weighted by molar-refractivity contribution is -0.116. The van der Waals surface area contributed by atoms with Crippen LogP contribution in [0.25, 0.3) is 6.08 Å². The smallest absolute Gasteiger partial charge is 0.244 e. The Balaban J connectivity index is 1.89. The van der Waals surface area contributed by atoms with Gasteiger partial charge in [0.05, 0.1) is 13.2 Å². The number of phenolic OH excluding ortho intramolecular Hbond substituents is 1. The number of carbonyl (C=O) groups excluding carboxylic acids is 1. The molecule has 2 rings (SSSR count). The summed E-state index contributed by atoms with van der Waals surface area (Å²) in [6.45, 7) is 0.0870. The summed E-state index contributed by atoms with van der Waals surface area (Å²) < 4.78 is 5.00. The van der Waals surface area contributed by atoms with Crippen molar-refractivity contribution in [1.29, 1.82) is 0 Å². The van der Waals surface area contributed by atoms with E-state index >= 15 is 0 Å². The number of nitrogens with one attached hydrogen (secondary N) is 1. The van der Waals surface area contributed by atoms with Gasteiger partial charge in [-0.1, -0.05) is 29.8 Å². The molecule has 2 aromatic carbocycles. The maximum absolute atomic E-state index is 11.8. The van der Waals surface area contributed by atoms with Crippen LogP contribution >= 0.6 is 11.6 Å². The Hall–Kier alpha value is -2.50. The zero-order chi connectivity index (χ0) is 17.5. The highest BCUT2D eigenvalue weighted by molar-refractivity contribution is 6.30. The average molecular weight is 348 g/mol. The van der Waals surface area contributed by atoms with Gasteiger partial charge in [-0.05, 0) is 41.5 Å². The molecule has 3 N–H and O–H groups in total. The van der Waals surface area contributed by atoms with Crippen LogP contribution in [0.2, 0.25) is 5.02 Å². The van der Waals surface area contributed by atoms with Crippen LogP contribution < -0.4 is 10.1 Å². The Bertz CT molecular complexity index is 728. The van der Waals surface area contributed by atoms with Gasteiger partial charge >= 0.3 is 0 Å². The Kier molecular flexibility index (Phi) is 6.23. The Labute approximate surface area is 145 Å². The summed E-state index contributed by atoms with van der Waals surface area (Å²) in [6.07, 6.45) is 2.13. The SMILES string of the molecule is COc1cc(C=CC(=O)NCC(O)c2ccc(Cl)cc2)ccc1O. The molecule has 24 heavy (non-hydrogen) atoms. The van der Waals surface area contributed by atoms with Crippen LogP contribution in [-0.4, -0.2) is 29.8 Å². The van der Waals surface area contributed by atoms with Gasteiger partial charge in [-0.3, -0.25) is 4.79 Å². The lowest BCUT2D eigenvalue weighted by atomic mass is 10.1. The molecule has 6 heteroatoms. The van der Waals surface area contributed by atoms with Gasteiger partial charge in [0, 0.05) is 17.6 Å². The molecule has 0 fully saturated rings. The maximum atomic E-state index is 11.8. The second-order valence-electron chi connectivity index (χ2n) is 5.08. The van der Waals surface area contributed by atoms with Crippen LogP contribution in [0.1, 0.15) is 17.2 Å². The van der Waals surface area contributed by atoms with Gasteiger partial charge in [0.15, 0.2) is 11.5 Å². The highest BCUT2D eigenvalue weighted by Gasteiger charge is 2.08. The van der Waals surface area contributed by atoms with Gasteiger partial charge in [0.1, 0.15) is 0 Å². The number of aliphatic hydroxyl groups is 1. The molecule has 126 valence electrons. The number of benzene rings is 2. The predicted molar refractivity (Wildman–Crippen MR) is 93.1 cm³/mol. The van der Waals surface area contributed by atoms with Crippen molar-refractivity contribution in [2.75, 3.05) is 13.7 Å². The van der Waals surface area contributed by atoms with E-state index in [9.17, 15) is 15.0 Å². The van der Waals surface area contributed by atoms with E-state index in [1.807, 2.05) is 0 Å². The van der Waals surface area contributed by atoms with E-state index in [2.05, 4.69) is 5.32 Å². The quantitative estimate of drug-likeness (QED) is 0.702. The number of carbonyl (C=O) groups is 1. The lowest BCUT2D eigenvalue weighted by Crippen LogP contribution is -2.26. The largest absolute Gasteiger partial charge is 0.504 e. The van der Waals surface area contributed by atoms with Gasteiger partial charge in [-0.2, -0.15) is 0 Å². The van der Waals surface area contributed by atoms with Crippen molar-refractivity contribution in [3.63, 3.8) is 0 Å². The highest BCUT2D eigenvalue weighted by Crippen LogP contribution is 2.26. The molecule has 0 heterocycles. The summed E-state index contributed by atoms with van der Waals surface area (Å²) in [5.41, 5.74) is 1.38. The number of halogens is 1. The van der Waals surface area contributed by atoms with Gasteiger partial charge in [-0.25, -0.2) is 0 Å². The van der Waals surface area contributed by atoms with E-state index in [4.69, 9.17) is 16.3 Å². The van der Waals surface area contributed by atoms with E-state index in [0.717, 1.165) is 0 Å². The van der Waals surface area contributed by atoms with E-state index < -0.39 is 6.10 Å². The number of phenols is 1. The van der Waals surface area contributed by atoms with Crippen molar-refractivity contribution in [2.24, 2.45) is 0 Å². The topological polar surface area (TPSA) is 78.8 Å². The molecule has 1 unspecified atom stereocenters. The molecule has 2 aromatic rings. The first-order valence-electron chi connectivity index (χ1n) is 7.26. The van der Waals surface area contributed by atoms with Crippen LogP contribution in [0.15, 0.2) is 48.5 Å². The number of hydrogen-bond donors (Lipinski definition) is 3. The monoisotopic (exact) mass is 347 g/mol. The molecule has 0 aliphatic carbocycles. The zero-order valence-corrected chi connectivity index (χ0v) is 13.8. The van der Waals surface area contributed by atoms with Gasteiger partial charge in [0.25, 0.3) is 0 Å². The summed E-state index contributed by atoms with van der Waals surface area (Å²) in [6, 6.07) is 11.5. The van der Waals surface area contributed by atoms with Crippen molar-refractivity contribution in [3.05, 3.63) is 64.7 Å². The molecule has 1 atom stereocenters. The maximum Gasteiger partial charge on any atom is 0.244 e. The van der Waals surface area contributed by atoms with Crippen molar-refractivity contribution in [1.82, 2.24) is 5.32 Å². The van der Waals surface area contributed by atoms with Gasteiger partial charge < -0.3 is 20.3 Å². The molecule has 5 nitrogen and oxygen atoms in total. The lowest BCUT2D eigenvalue weighted by Gasteiger charge is -2.11. The van der Waals surface area contributed by atoms with E-state index in [1.165, 1.54) is 19.3 Å². The normalized spacial score (nSPS) is 12.1. The fraction of sp³-hybridized carbons (Fsp3) is 0.167. The van der Waals surface area contributed by atoms with Crippen LogP contribution in [0.5, 0.6) is 11.5 Å². The number of methoxy groups -OCH3 is 1. The van der Waals surface area contributed by atoms with Gasteiger partial charge in [-0.15, -0.1) is 0 Å². The van der Waals surface area contributed by atoms with E-state index in [1.54, 1.807) is 42.5 Å². The minimum Gasteiger partial charge on any atom is -0.504 e. The minimum atomic E-state index is -0.812. The van der Waals surface area contributed by atoms with E-state index in [0.29, 0.717) is 21.9 Å². The minimum absolute atomic E-state index is 0.0326. The molecular formula is C18H18ClNO4. The molecule has 0 aromatic heterocycles. The number of aliphatic hydroxyl groups excluding tert-OH is 1. The summed E-state index contributed by atoms with van der Waals surface area (Å²) in [4.78, 5) is 11.8. The summed E-state index contributed by atoms with van der Waals surface area (Å²) >= 11 is 5.79. The van der Waals surface area contributed by atoms with Crippen molar-refractivity contribution in [2.45, 2.75) is 6.10 Å². The molecule has 1 amide bonds. The van der Waals surface area contributed by atoms with Crippen LogP contribution in [-0.2, 0) is 4.79 Å². The van der Waals surface area contributed by atoms with Crippen LogP contribution in [0, 0.1) is 0 Å². The third-order valence-electron chi connectivity index (χ3n) is 3.36. The predicted octanol–water partition coefficient (Wildman–Crippen LogP) is 2.92. The molecular weight excluding hydrogens is 330 g/mol. The van der Waals surface area contributed by atoms with E-state index in [-0.39, 0.29) is 18.2 Å². The molecule has 0 saturated carbocycles. The Morgan fingerprint density at radius 3 is 2.67 bits per heavy atom.